The van der Waals surface area contributed by atoms with Gasteiger partial charge < -0.3 is 13.7 Å². The summed E-state index contributed by atoms with van der Waals surface area (Å²) in [4.78, 5) is 7.36. The van der Waals surface area contributed by atoms with Gasteiger partial charge in [-0.3, -0.25) is 0 Å². The van der Waals surface area contributed by atoms with E-state index in [1.807, 2.05) is 42.5 Å². The largest absolute Gasteiger partial charge is 0.456 e. The van der Waals surface area contributed by atoms with Crippen LogP contribution in [-0.2, 0) is 0 Å². The summed E-state index contributed by atoms with van der Waals surface area (Å²) < 4.78 is 13.1. The lowest BCUT2D eigenvalue weighted by Gasteiger charge is -2.30. The van der Waals surface area contributed by atoms with Crippen molar-refractivity contribution in [2.75, 3.05) is 4.90 Å². The second-order valence-electron chi connectivity index (χ2n) is 14.3. The van der Waals surface area contributed by atoms with E-state index in [1.54, 1.807) is 0 Å². The fourth-order valence-electron chi connectivity index (χ4n) is 8.41. The summed E-state index contributed by atoms with van der Waals surface area (Å²) >= 11 is 0. The molecule has 0 bridgehead atoms. The summed E-state index contributed by atoms with van der Waals surface area (Å²) in [5, 5.41) is 10.7. The third-order valence-electron chi connectivity index (χ3n) is 11.0. The molecule has 264 valence electrons. The van der Waals surface area contributed by atoms with Gasteiger partial charge >= 0.3 is 0 Å². The van der Waals surface area contributed by atoms with Crippen molar-refractivity contribution in [2.45, 2.75) is 0 Å². The highest BCUT2D eigenvalue weighted by molar-refractivity contribution is 6.96. The topological polar surface area (TPSA) is 42.4 Å². The van der Waals surface area contributed by atoms with Crippen LogP contribution in [0.1, 0.15) is 0 Å². The highest BCUT2D eigenvalue weighted by Crippen LogP contribution is 2.41. The molecule has 0 spiro atoms. The molecule has 0 aliphatic carbocycles. The van der Waals surface area contributed by atoms with Crippen molar-refractivity contribution in [3.05, 3.63) is 200 Å². The van der Waals surface area contributed by atoms with E-state index in [0.717, 1.165) is 77.2 Å². The Labute approximate surface area is 325 Å². The fraction of sp³-hybridized carbons (Fsp3) is 0. The average Bonchev–Trinajstić information content (AvgIpc) is 3.87. The van der Waals surface area contributed by atoms with Crippen LogP contribution >= 0.6 is 0 Å². The van der Waals surface area contributed by atoms with Gasteiger partial charge in [0.25, 0.3) is 0 Å². The number of nitrogens with zero attached hydrogens (tertiary/aromatic N) is 2. The Bertz CT molecular complexity index is 3170. The van der Waals surface area contributed by atoms with E-state index >= 15 is 0 Å². The van der Waals surface area contributed by atoms with Gasteiger partial charge in [-0.15, -0.1) is 0 Å². The number of hydrogen-bond acceptors (Lipinski definition) is 4. The molecule has 11 aromatic rings. The lowest BCUT2D eigenvalue weighted by Crippen LogP contribution is -2.53. The number of benzene rings is 9. The standard InChI is InChI=1S/C51H34N2O2Si/c1-4-14-36(15-5-1)51-52-44-31-27-35-25-24-34-26-28-37(32-43(34)49(35)50(44)55-51)53(38-29-30-42-41-20-10-12-22-46(41)54-47(42)33-38)45-21-11-13-23-48(45)56(39-16-6-2-7-17-39)40-18-8-3-9-19-40/h1-33,56H. The van der Waals surface area contributed by atoms with E-state index in [9.17, 15) is 0 Å². The molecule has 0 saturated carbocycles. The van der Waals surface area contributed by atoms with Gasteiger partial charge in [-0.1, -0.05) is 150 Å². The van der Waals surface area contributed by atoms with Crippen molar-refractivity contribution >= 4 is 96.0 Å². The van der Waals surface area contributed by atoms with Crippen LogP contribution in [0.4, 0.5) is 17.1 Å². The van der Waals surface area contributed by atoms with E-state index in [0.29, 0.717) is 5.89 Å². The summed E-state index contributed by atoms with van der Waals surface area (Å²) in [5.41, 5.74) is 7.53. The number of para-hydroxylation sites is 2. The van der Waals surface area contributed by atoms with Crippen LogP contribution < -0.4 is 20.5 Å². The molecule has 0 N–H and O–H groups in total. The lowest BCUT2D eigenvalue weighted by atomic mass is 10.00. The molecule has 0 aliphatic heterocycles. The predicted octanol–water partition coefficient (Wildman–Crippen LogP) is 11.4. The van der Waals surface area contributed by atoms with Crippen molar-refractivity contribution in [2.24, 2.45) is 0 Å². The summed E-state index contributed by atoms with van der Waals surface area (Å²) in [6, 6.07) is 71.4. The summed E-state index contributed by atoms with van der Waals surface area (Å²) in [7, 11) is -1.96. The molecule has 0 fully saturated rings. The Hall–Kier alpha value is -7.21. The molecule has 0 amide bonds. The molecule has 5 heteroatoms. The molecule has 0 saturated heterocycles. The van der Waals surface area contributed by atoms with Crippen molar-refractivity contribution < 1.29 is 8.83 Å². The first-order chi connectivity index (χ1) is 27.8. The number of anilines is 3. The van der Waals surface area contributed by atoms with Crippen molar-refractivity contribution in [1.29, 1.82) is 0 Å². The molecule has 2 heterocycles. The Kier molecular flexibility index (Phi) is 7.64. The number of aromatic nitrogens is 1. The van der Waals surface area contributed by atoms with Gasteiger partial charge in [-0.25, -0.2) is 4.98 Å². The van der Waals surface area contributed by atoms with Crippen LogP contribution in [0.3, 0.4) is 0 Å². The first-order valence-electron chi connectivity index (χ1n) is 19.0. The Morgan fingerprint density at radius 2 is 1.05 bits per heavy atom. The predicted molar refractivity (Wildman–Crippen MR) is 235 cm³/mol. The molecule has 56 heavy (non-hydrogen) atoms. The quantitative estimate of drug-likeness (QED) is 0.0929. The molecule has 11 rings (SSSR count). The minimum Gasteiger partial charge on any atom is -0.456 e. The van der Waals surface area contributed by atoms with E-state index in [1.165, 1.54) is 15.6 Å². The number of fused-ring (bicyclic) bond motifs is 8. The van der Waals surface area contributed by atoms with Crippen LogP contribution in [-0.4, -0.2) is 13.8 Å². The number of oxazole rings is 1. The van der Waals surface area contributed by atoms with Gasteiger partial charge in [0.1, 0.15) is 25.5 Å². The van der Waals surface area contributed by atoms with E-state index in [4.69, 9.17) is 13.8 Å². The zero-order valence-electron chi connectivity index (χ0n) is 30.3. The van der Waals surface area contributed by atoms with Gasteiger partial charge in [0.2, 0.25) is 5.89 Å². The Morgan fingerprint density at radius 1 is 0.446 bits per heavy atom. The second-order valence-corrected chi connectivity index (χ2v) is 17.1. The van der Waals surface area contributed by atoms with Crippen LogP contribution in [0.2, 0.25) is 0 Å². The molecule has 0 unspecified atom stereocenters. The van der Waals surface area contributed by atoms with Gasteiger partial charge in [0.05, 0.1) is 0 Å². The van der Waals surface area contributed by atoms with Crippen LogP contribution in [0.15, 0.2) is 209 Å². The number of furan rings is 1. The third kappa shape index (κ3) is 5.40. The lowest BCUT2D eigenvalue weighted by molar-refractivity contribution is 0.623. The van der Waals surface area contributed by atoms with E-state index in [-0.39, 0.29) is 0 Å². The Morgan fingerprint density at radius 3 is 1.86 bits per heavy atom. The fourth-order valence-corrected chi connectivity index (χ4v) is 11.6. The first-order valence-corrected chi connectivity index (χ1v) is 20.7. The van der Waals surface area contributed by atoms with Gasteiger partial charge in [-0.05, 0) is 75.9 Å². The molecular formula is C51H34N2O2Si. The van der Waals surface area contributed by atoms with Gasteiger partial charge in [0.15, 0.2) is 5.58 Å². The van der Waals surface area contributed by atoms with E-state index in [2.05, 4.69) is 163 Å². The molecule has 2 aromatic heterocycles. The van der Waals surface area contributed by atoms with Gasteiger partial charge in [-0.2, -0.15) is 0 Å². The maximum atomic E-state index is 6.64. The molecule has 0 atom stereocenters. The minimum atomic E-state index is -1.96. The van der Waals surface area contributed by atoms with Crippen molar-refractivity contribution in [3.8, 4) is 11.5 Å². The van der Waals surface area contributed by atoms with Crippen LogP contribution in [0, 0.1) is 0 Å². The molecule has 0 aliphatic rings. The number of hydrogen-bond donors (Lipinski definition) is 0. The van der Waals surface area contributed by atoms with Crippen LogP contribution in [0.25, 0.3) is 66.0 Å². The molecular weight excluding hydrogens is 701 g/mol. The van der Waals surface area contributed by atoms with Gasteiger partial charge in [0, 0.05) is 44.9 Å². The summed E-state index contributed by atoms with van der Waals surface area (Å²) in [6.07, 6.45) is 0. The maximum Gasteiger partial charge on any atom is 0.227 e. The van der Waals surface area contributed by atoms with Crippen molar-refractivity contribution in [1.82, 2.24) is 4.98 Å². The zero-order chi connectivity index (χ0) is 37.0. The summed E-state index contributed by atoms with van der Waals surface area (Å²) in [5.74, 6) is 0.619. The van der Waals surface area contributed by atoms with Crippen LogP contribution in [0.5, 0.6) is 0 Å². The molecule has 0 radical (unpaired) electrons. The molecule has 4 nitrogen and oxygen atoms in total. The zero-order valence-corrected chi connectivity index (χ0v) is 31.5. The average molecular weight is 735 g/mol. The number of rotatable bonds is 7. The highest BCUT2D eigenvalue weighted by Gasteiger charge is 2.26. The summed E-state index contributed by atoms with van der Waals surface area (Å²) in [6.45, 7) is 0. The maximum absolute atomic E-state index is 6.64. The SMILES string of the molecule is c1ccc(-c2nc3ccc4ccc5ccc(N(c6ccc7c(c6)oc6ccccc67)c6ccccc6[SiH](c6ccccc6)c6ccccc6)cc5c4c3o2)cc1. The third-order valence-corrected chi connectivity index (χ3v) is 14.2. The monoisotopic (exact) mass is 734 g/mol. The smallest absolute Gasteiger partial charge is 0.227 e. The minimum absolute atomic E-state index is 0.619. The van der Waals surface area contributed by atoms with E-state index < -0.39 is 8.80 Å². The molecule has 9 aromatic carbocycles. The highest BCUT2D eigenvalue weighted by atomic mass is 28.3. The first kappa shape index (κ1) is 32.2. The van der Waals surface area contributed by atoms with Crippen molar-refractivity contribution in [3.63, 3.8) is 0 Å². The normalized spacial score (nSPS) is 11.7. The Balaban J connectivity index is 1.18. The second kappa shape index (κ2) is 13.3.